The smallest absolute Gasteiger partial charge is 0.416 e. The Bertz CT molecular complexity index is 1210. The van der Waals surface area contributed by atoms with Crippen LogP contribution in [-0.2, 0) is 30.7 Å². The highest BCUT2D eigenvalue weighted by Gasteiger charge is 2.63. The highest BCUT2D eigenvalue weighted by atomic mass is 32.5. The zero-order chi connectivity index (χ0) is 27.7. The van der Waals surface area contributed by atoms with Crippen LogP contribution in [0.5, 0.6) is 11.5 Å². The van der Waals surface area contributed by atoms with Crippen LogP contribution in [0.2, 0.25) is 0 Å². The number of hydrogen-bond acceptors (Lipinski definition) is 8. The van der Waals surface area contributed by atoms with Crippen LogP contribution >= 0.6 is 6.72 Å². The normalized spacial score (nSPS) is 25.8. The van der Waals surface area contributed by atoms with Crippen LogP contribution in [0.4, 0.5) is 13.2 Å². The Balaban J connectivity index is 1.61. The number of rotatable bonds is 9. The quantitative estimate of drug-likeness (QED) is 0.350. The van der Waals surface area contributed by atoms with E-state index in [1.54, 1.807) is 48.5 Å². The maximum atomic E-state index is 15.3. The summed E-state index contributed by atoms with van der Waals surface area (Å²) in [7, 11) is 0. The van der Waals surface area contributed by atoms with Gasteiger partial charge in [-0.3, -0.25) is 19.0 Å². The van der Waals surface area contributed by atoms with E-state index in [1.165, 1.54) is 0 Å². The van der Waals surface area contributed by atoms with Crippen molar-refractivity contribution in [3.05, 3.63) is 71.9 Å². The molecule has 0 spiro atoms. The van der Waals surface area contributed by atoms with Gasteiger partial charge in [-0.15, -0.1) is 0 Å². The fourth-order valence-electron chi connectivity index (χ4n) is 3.84. The first-order valence-electron chi connectivity index (χ1n) is 11.5. The van der Waals surface area contributed by atoms with Crippen LogP contribution in [0.25, 0.3) is 0 Å². The zero-order valence-electron chi connectivity index (χ0n) is 20.3. The van der Waals surface area contributed by atoms with Crippen molar-refractivity contribution in [2.45, 2.75) is 50.8 Å². The number of aliphatic hydroxyl groups excluding tert-OH is 1. The van der Waals surface area contributed by atoms with Crippen LogP contribution in [0.1, 0.15) is 17.5 Å². The molecule has 1 amide bonds. The predicted octanol–water partition coefficient (Wildman–Crippen LogP) is 4.38. The summed E-state index contributed by atoms with van der Waals surface area (Å²) in [5, 5.41) is 10.4. The second kappa shape index (κ2) is 11.2. The summed E-state index contributed by atoms with van der Waals surface area (Å²) in [5.41, 5.74) is -1.17. The Labute approximate surface area is 222 Å². The van der Waals surface area contributed by atoms with Crippen molar-refractivity contribution in [1.82, 2.24) is 4.90 Å². The SMILES string of the molecule is Cc1ccc(OP(=S)(OC[C@@]2(C(F)F)O[C@@H](N3C=CC(=O)CC3=O)[C@H](O)[C@H]2F)Oc2ccc(C)cc2)cc1. The number of aryl methyl sites for hydroxylation is 2. The number of allylic oxidation sites excluding steroid dienone is 1. The molecule has 0 unspecified atom stereocenters. The van der Waals surface area contributed by atoms with Crippen LogP contribution in [-0.4, -0.2) is 58.8 Å². The van der Waals surface area contributed by atoms with E-state index in [0.29, 0.717) is 4.90 Å². The monoisotopic (exact) mass is 571 g/mol. The second-order valence-electron chi connectivity index (χ2n) is 8.95. The molecule has 1 fully saturated rings. The van der Waals surface area contributed by atoms with Gasteiger partial charge in [-0.1, -0.05) is 35.4 Å². The topological polar surface area (TPSA) is 94.5 Å². The van der Waals surface area contributed by atoms with Crippen molar-refractivity contribution >= 4 is 30.2 Å². The molecule has 2 aliphatic heterocycles. The Hall–Kier alpha value is -2.76. The number of ketones is 1. The maximum absolute atomic E-state index is 15.3. The van der Waals surface area contributed by atoms with Gasteiger partial charge in [-0.2, -0.15) is 0 Å². The molecule has 8 nitrogen and oxygen atoms in total. The van der Waals surface area contributed by atoms with E-state index >= 15 is 4.39 Å². The van der Waals surface area contributed by atoms with Crippen LogP contribution in [0, 0.1) is 13.8 Å². The summed E-state index contributed by atoms with van der Waals surface area (Å²) >= 11 is 5.50. The summed E-state index contributed by atoms with van der Waals surface area (Å²) in [6.07, 6.45) is -8.79. The Morgan fingerprint density at radius 1 is 1.08 bits per heavy atom. The fraction of sp³-hybridized carbons (Fsp3) is 0.360. The molecule has 0 saturated carbocycles. The number of carbonyl (C=O) groups is 2. The number of amides is 1. The average Bonchev–Trinajstić information content (AvgIpc) is 3.12. The number of aliphatic hydroxyl groups is 1. The maximum Gasteiger partial charge on any atom is 0.435 e. The molecular formula is C25H25F3NO7PS. The number of alkyl halides is 3. The number of ether oxygens (including phenoxy) is 1. The fourth-order valence-corrected chi connectivity index (χ4v) is 5.78. The summed E-state index contributed by atoms with van der Waals surface area (Å²) < 4.78 is 66.6. The predicted molar refractivity (Wildman–Crippen MR) is 134 cm³/mol. The third-order valence-corrected chi connectivity index (χ3v) is 8.08. The molecule has 2 aliphatic rings. The van der Waals surface area contributed by atoms with Gasteiger partial charge in [0.1, 0.15) is 17.6 Å². The first-order valence-corrected chi connectivity index (χ1v) is 14.1. The van der Waals surface area contributed by atoms with E-state index in [1.807, 2.05) is 13.8 Å². The van der Waals surface area contributed by atoms with Gasteiger partial charge in [0, 0.05) is 18.0 Å². The molecule has 0 radical (unpaired) electrons. The van der Waals surface area contributed by atoms with Crippen molar-refractivity contribution in [2.24, 2.45) is 0 Å². The van der Waals surface area contributed by atoms with Gasteiger partial charge in [0.05, 0.1) is 13.0 Å². The van der Waals surface area contributed by atoms with Gasteiger partial charge in [0.2, 0.25) is 5.91 Å². The first-order chi connectivity index (χ1) is 17.9. The molecule has 0 bridgehead atoms. The third kappa shape index (κ3) is 5.94. The van der Waals surface area contributed by atoms with Gasteiger partial charge in [-0.05, 0) is 44.2 Å². The van der Waals surface area contributed by atoms with E-state index in [9.17, 15) is 23.5 Å². The summed E-state index contributed by atoms with van der Waals surface area (Å²) in [5.74, 6) is -0.905. The molecule has 38 heavy (non-hydrogen) atoms. The highest BCUT2D eigenvalue weighted by Crippen LogP contribution is 2.52. The molecule has 4 atom stereocenters. The van der Waals surface area contributed by atoms with Gasteiger partial charge < -0.3 is 18.9 Å². The molecule has 0 aromatic heterocycles. The number of nitrogens with zero attached hydrogens (tertiary/aromatic N) is 1. The molecule has 2 heterocycles. The zero-order valence-corrected chi connectivity index (χ0v) is 22.0. The molecule has 1 saturated heterocycles. The summed E-state index contributed by atoms with van der Waals surface area (Å²) in [4.78, 5) is 24.5. The largest absolute Gasteiger partial charge is 0.435 e. The lowest BCUT2D eigenvalue weighted by molar-refractivity contribution is -0.193. The molecule has 4 rings (SSSR count). The van der Waals surface area contributed by atoms with E-state index in [4.69, 9.17) is 30.1 Å². The van der Waals surface area contributed by atoms with Crippen molar-refractivity contribution in [1.29, 1.82) is 0 Å². The van der Waals surface area contributed by atoms with Crippen LogP contribution in [0.3, 0.4) is 0 Å². The Kier molecular flexibility index (Phi) is 8.29. The van der Waals surface area contributed by atoms with E-state index in [2.05, 4.69) is 0 Å². The lowest BCUT2D eigenvalue weighted by Crippen LogP contribution is -2.50. The number of halogens is 3. The molecule has 0 aliphatic carbocycles. The molecule has 2 aromatic rings. The van der Waals surface area contributed by atoms with Crippen LogP contribution in [0.15, 0.2) is 60.8 Å². The Morgan fingerprint density at radius 3 is 2.08 bits per heavy atom. The average molecular weight is 572 g/mol. The van der Waals surface area contributed by atoms with Crippen LogP contribution < -0.4 is 9.05 Å². The summed E-state index contributed by atoms with van der Waals surface area (Å²) in [6, 6.07) is 13.3. The van der Waals surface area contributed by atoms with Crippen molar-refractivity contribution in [2.75, 3.05) is 6.61 Å². The minimum atomic E-state index is -3.91. The third-order valence-electron chi connectivity index (χ3n) is 6.00. The van der Waals surface area contributed by atoms with E-state index in [-0.39, 0.29) is 11.5 Å². The molecule has 13 heteroatoms. The molecule has 2 aromatic carbocycles. The number of hydrogen-bond donors (Lipinski definition) is 1. The molecule has 204 valence electrons. The van der Waals surface area contributed by atoms with Gasteiger partial charge in [0.25, 0.3) is 6.43 Å². The van der Waals surface area contributed by atoms with Crippen molar-refractivity contribution in [3.63, 3.8) is 0 Å². The number of benzene rings is 2. The molecule has 1 N–H and O–H groups in total. The van der Waals surface area contributed by atoms with Crippen molar-refractivity contribution in [3.8, 4) is 11.5 Å². The van der Waals surface area contributed by atoms with Gasteiger partial charge in [0.15, 0.2) is 23.8 Å². The minimum Gasteiger partial charge on any atom is -0.416 e. The minimum absolute atomic E-state index is 0.230. The van der Waals surface area contributed by atoms with E-state index < -0.39 is 62.0 Å². The first kappa shape index (κ1) is 28.3. The molecular weight excluding hydrogens is 546 g/mol. The lowest BCUT2D eigenvalue weighted by atomic mass is 9.98. The summed E-state index contributed by atoms with van der Waals surface area (Å²) in [6.45, 7) is -1.38. The standard InChI is InChI=1S/C25H25F3NO7PS/c1-15-3-7-18(8-4-15)35-37(38,36-19-9-5-16(2)6-10-19)33-14-25(24(27)28)22(26)21(32)23(34-25)29-12-11-17(30)13-20(29)31/h3-12,21-24,32H,13-14H2,1-2H3/t21-,22-,23-,25-/m1/s1. The highest BCUT2D eigenvalue weighted by molar-refractivity contribution is 8.07. The van der Waals surface area contributed by atoms with Gasteiger partial charge in [-0.25, -0.2) is 13.2 Å². The number of carbonyl (C=O) groups excluding carboxylic acids is 2. The second-order valence-corrected chi connectivity index (χ2v) is 11.8. The van der Waals surface area contributed by atoms with Crippen molar-refractivity contribution < 1.29 is 46.2 Å². The lowest BCUT2D eigenvalue weighted by Gasteiger charge is -2.33. The van der Waals surface area contributed by atoms with Gasteiger partial charge >= 0.3 is 6.72 Å². The van der Waals surface area contributed by atoms with E-state index in [0.717, 1.165) is 23.4 Å². The Morgan fingerprint density at radius 2 is 1.61 bits per heavy atom.